The van der Waals surface area contributed by atoms with Crippen LogP contribution in [0, 0.1) is 0 Å². The molecule has 0 aromatic heterocycles. The van der Waals surface area contributed by atoms with Crippen molar-refractivity contribution in [2.24, 2.45) is 4.99 Å². The molecule has 11 heteroatoms. The van der Waals surface area contributed by atoms with Crippen LogP contribution in [0.5, 0.6) is 0 Å². The largest absolute Gasteiger partial charge is 0.469 e. The Morgan fingerprint density at radius 2 is 2.04 bits per heavy atom. The topological polar surface area (TPSA) is 134 Å². The van der Waals surface area contributed by atoms with E-state index in [1.165, 1.54) is 19.2 Å². The average molecular weight is 430 g/mol. The van der Waals surface area contributed by atoms with Crippen molar-refractivity contribution in [1.29, 1.82) is 0 Å². The van der Waals surface area contributed by atoms with Crippen LogP contribution in [-0.4, -0.2) is 54.8 Å². The number of nitrogens with one attached hydrogen (secondary N) is 2. The monoisotopic (exact) mass is 429 g/mol. The average Bonchev–Trinajstić information content (AvgIpc) is 3.10. The van der Waals surface area contributed by atoms with Crippen LogP contribution in [0.2, 0.25) is 0 Å². The van der Waals surface area contributed by atoms with Gasteiger partial charge < -0.3 is 10.1 Å². The number of hydrogen-bond donors (Lipinski definition) is 3. The summed E-state index contributed by atoms with van der Waals surface area (Å²) in [4.78, 5) is 28.1. The molecule has 3 N–H and O–H groups in total. The van der Waals surface area contributed by atoms with Gasteiger partial charge in [0.25, 0.3) is 0 Å². The summed E-state index contributed by atoms with van der Waals surface area (Å²) >= 11 is 1.57. The van der Waals surface area contributed by atoms with Gasteiger partial charge in [-0.05, 0) is 30.5 Å². The Labute approximate surface area is 168 Å². The van der Waals surface area contributed by atoms with Gasteiger partial charge in [-0.15, -0.1) is 11.8 Å². The van der Waals surface area contributed by atoms with E-state index in [9.17, 15) is 18.0 Å². The highest BCUT2D eigenvalue weighted by molar-refractivity contribution is 8.14. The number of carbonyl (C=O) groups excluding carboxylic acids is 2. The molecular weight excluding hydrogens is 406 g/mol. The van der Waals surface area contributed by atoms with Crippen molar-refractivity contribution in [3.05, 3.63) is 29.8 Å². The van der Waals surface area contributed by atoms with Crippen molar-refractivity contribution in [3.63, 3.8) is 0 Å². The van der Waals surface area contributed by atoms with Gasteiger partial charge in [-0.25, -0.2) is 0 Å². The van der Waals surface area contributed by atoms with Gasteiger partial charge in [-0.3, -0.25) is 23.9 Å². The van der Waals surface area contributed by atoms with E-state index < -0.39 is 28.2 Å². The van der Waals surface area contributed by atoms with Crippen molar-refractivity contribution in [1.82, 2.24) is 5.32 Å². The second kappa shape index (κ2) is 9.89. The summed E-state index contributed by atoms with van der Waals surface area (Å²) in [5.41, 5.74) is 1.05. The second-order valence-electron chi connectivity index (χ2n) is 6.19. The summed E-state index contributed by atoms with van der Waals surface area (Å²) in [6, 6.07) is 6.18. The molecular formula is C17H23N3O6S2. The third-order valence-corrected chi connectivity index (χ3v) is 5.74. The van der Waals surface area contributed by atoms with Crippen LogP contribution >= 0.6 is 11.8 Å². The number of carbonyl (C=O) groups is 2. The van der Waals surface area contributed by atoms with E-state index in [1.54, 1.807) is 23.9 Å². The van der Waals surface area contributed by atoms with E-state index in [0.717, 1.165) is 22.8 Å². The number of aliphatic imine (C=N–C) groups is 1. The summed E-state index contributed by atoms with van der Waals surface area (Å²) in [5.74, 6) is -0.235. The number of methoxy groups -OCH3 is 1. The predicted molar refractivity (Wildman–Crippen MR) is 108 cm³/mol. The summed E-state index contributed by atoms with van der Waals surface area (Å²) < 4.78 is 37.1. The quantitative estimate of drug-likeness (QED) is 0.307. The molecule has 2 atom stereocenters. The summed E-state index contributed by atoms with van der Waals surface area (Å²) in [7, 11) is -3.12. The standard InChI is InChI=1S/C17H23N3O6S2/c1-3-12-10-27-17(18-12)14(19-15(21)9-16(22)26-2)8-11-4-6-13(7-5-11)20-28(23,24)25/h4-7,12,14,20H,3,8-10H2,1-2H3,(H,19,21)(H,23,24,25)/t12?,14-/m0/s1. The molecule has 1 aliphatic rings. The first-order valence-electron chi connectivity index (χ1n) is 8.61. The Morgan fingerprint density at radius 1 is 1.36 bits per heavy atom. The lowest BCUT2D eigenvalue weighted by atomic mass is 10.1. The number of nitrogens with zero attached hydrogens (tertiary/aromatic N) is 1. The van der Waals surface area contributed by atoms with Crippen molar-refractivity contribution >= 4 is 44.7 Å². The number of anilines is 1. The van der Waals surface area contributed by atoms with Crippen LogP contribution in [-0.2, 0) is 31.1 Å². The van der Waals surface area contributed by atoms with Crippen LogP contribution in [0.25, 0.3) is 0 Å². The fraction of sp³-hybridized carbons (Fsp3) is 0.471. The number of hydrogen-bond acceptors (Lipinski definition) is 7. The van der Waals surface area contributed by atoms with E-state index >= 15 is 0 Å². The Hall–Kier alpha value is -2.11. The van der Waals surface area contributed by atoms with E-state index in [1.807, 2.05) is 11.6 Å². The number of benzene rings is 1. The van der Waals surface area contributed by atoms with E-state index in [2.05, 4.69) is 15.0 Å². The highest BCUT2D eigenvalue weighted by Gasteiger charge is 2.26. The molecule has 1 aliphatic heterocycles. The number of rotatable bonds is 9. The molecule has 0 fully saturated rings. The molecule has 1 unspecified atom stereocenters. The lowest BCUT2D eigenvalue weighted by Crippen LogP contribution is -2.41. The van der Waals surface area contributed by atoms with Crippen molar-refractivity contribution in [3.8, 4) is 0 Å². The molecule has 1 aromatic carbocycles. The first kappa shape index (κ1) is 22.2. The zero-order chi connectivity index (χ0) is 20.7. The number of esters is 1. The minimum Gasteiger partial charge on any atom is -0.469 e. The maximum Gasteiger partial charge on any atom is 0.357 e. The highest BCUT2D eigenvalue weighted by Crippen LogP contribution is 2.24. The van der Waals surface area contributed by atoms with Crippen molar-refractivity contribution in [2.45, 2.75) is 38.3 Å². The van der Waals surface area contributed by atoms with E-state index in [0.29, 0.717) is 6.42 Å². The first-order valence-corrected chi connectivity index (χ1v) is 11.0. The fourth-order valence-electron chi connectivity index (χ4n) is 2.58. The predicted octanol–water partition coefficient (Wildman–Crippen LogP) is 1.42. The van der Waals surface area contributed by atoms with E-state index in [-0.39, 0.29) is 18.2 Å². The normalized spacial score (nSPS) is 17.5. The molecule has 1 aromatic rings. The van der Waals surface area contributed by atoms with Crippen LogP contribution in [0.1, 0.15) is 25.3 Å². The summed E-state index contributed by atoms with van der Waals surface area (Å²) in [5, 5.41) is 3.62. The molecule has 0 bridgehead atoms. The number of thioether (sulfide) groups is 1. The highest BCUT2D eigenvalue weighted by atomic mass is 32.2. The molecule has 2 rings (SSSR count). The van der Waals surface area contributed by atoms with Crippen molar-refractivity contribution < 1.29 is 27.3 Å². The van der Waals surface area contributed by atoms with Crippen LogP contribution in [0.15, 0.2) is 29.3 Å². The Bertz CT molecular complexity index is 839. The van der Waals surface area contributed by atoms with Gasteiger partial charge in [0.15, 0.2) is 0 Å². The van der Waals surface area contributed by atoms with Gasteiger partial charge in [0.2, 0.25) is 5.91 Å². The van der Waals surface area contributed by atoms with Gasteiger partial charge in [0.1, 0.15) is 6.42 Å². The third kappa shape index (κ3) is 7.13. The van der Waals surface area contributed by atoms with Gasteiger partial charge in [-0.1, -0.05) is 19.1 Å². The molecule has 1 heterocycles. The molecule has 0 saturated heterocycles. The maximum absolute atomic E-state index is 12.2. The molecule has 0 aliphatic carbocycles. The Balaban J connectivity index is 2.13. The minimum absolute atomic E-state index is 0.196. The Morgan fingerprint density at radius 3 is 2.57 bits per heavy atom. The van der Waals surface area contributed by atoms with Crippen molar-refractivity contribution in [2.75, 3.05) is 17.6 Å². The minimum atomic E-state index is -4.34. The lowest BCUT2D eigenvalue weighted by molar-refractivity contribution is -0.143. The smallest absolute Gasteiger partial charge is 0.357 e. The Kier molecular flexibility index (Phi) is 7.84. The van der Waals surface area contributed by atoms with E-state index in [4.69, 9.17) is 4.55 Å². The lowest BCUT2D eigenvalue weighted by Gasteiger charge is -2.19. The van der Waals surface area contributed by atoms with Gasteiger partial charge in [0.05, 0.1) is 29.9 Å². The second-order valence-corrected chi connectivity index (χ2v) is 8.39. The van der Waals surface area contributed by atoms with Gasteiger partial charge in [0, 0.05) is 5.75 Å². The first-order chi connectivity index (χ1) is 13.2. The molecule has 1 amide bonds. The molecule has 9 nitrogen and oxygen atoms in total. The molecule has 28 heavy (non-hydrogen) atoms. The summed E-state index contributed by atoms with van der Waals surface area (Å²) in [6.07, 6.45) is 0.941. The number of amides is 1. The number of ether oxygens (including phenoxy) is 1. The SMILES string of the molecule is CCC1CSC([C@H](Cc2ccc(NS(=O)(=O)O)cc2)NC(=O)CC(=O)OC)=N1. The fourth-order valence-corrected chi connectivity index (χ4v) is 4.25. The van der Waals surface area contributed by atoms with Gasteiger partial charge >= 0.3 is 16.3 Å². The zero-order valence-corrected chi connectivity index (χ0v) is 17.2. The van der Waals surface area contributed by atoms with Crippen LogP contribution in [0.3, 0.4) is 0 Å². The van der Waals surface area contributed by atoms with Crippen LogP contribution in [0.4, 0.5) is 5.69 Å². The molecule has 0 radical (unpaired) electrons. The summed E-state index contributed by atoms with van der Waals surface area (Å²) in [6.45, 7) is 2.05. The third-order valence-electron chi connectivity index (χ3n) is 4.01. The molecule has 154 valence electrons. The van der Waals surface area contributed by atoms with Crippen LogP contribution < -0.4 is 10.0 Å². The maximum atomic E-state index is 12.2. The zero-order valence-electron chi connectivity index (χ0n) is 15.5. The van der Waals surface area contributed by atoms with Gasteiger partial charge in [-0.2, -0.15) is 8.42 Å². The molecule has 0 saturated carbocycles. The molecule has 0 spiro atoms.